The first kappa shape index (κ1) is 107. The molecular weight excluding hydrogens is 1740 g/mol. The molecule has 7 aromatic carbocycles. The Balaban J connectivity index is 1.18. The van der Waals surface area contributed by atoms with Crippen molar-refractivity contribution in [2.75, 3.05) is 96.6 Å². The zero-order valence-corrected chi connectivity index (χ0v) is 77.9. The summed E-state index contributed by atoms with van der Waals surface area (Å²) >= 11 is 0. The Morgan fingerprint density at radius 3 is 0.846 bits per heavy atom. The Hall–Kier alpha value is -10.1. The molecule has 0 heterocycles. The van der Waals surface area contributed by atoms with E-state index in [1.54, 1.807) is 212 Å². The Kier molecular flexibility index (Phi) is 46.0. The van der Waals surface area contributed by atoms with Gasteiger partial charge < -0.3 is 71.2 Å². The second-order valence-corrected chi connectivity index (χ2v) is 41.0. The average Bonchev–Trinajstić information content (AvgIpc) is 0.831. The highest BCUT2D eigenvalue weighted by molar-refractivity contribution is 7.89. The Bertz CT molecular complexity index is 5100. The summed E-state index contributed by atoms with van der Waals surface area (Å²) < 4.78 is 121. The Morgan fingerprint density at radius 2 is 0.538 bits per heavy atom. The summed E-state index contributed by atoms with van der Waals surface area (Å²) in [7, 11) is -17.7. The van der Waals surface area contributed by atoms with Crippen LogP contribution in [0.1, 0.15) is 118 Å². The predicted octanol–water partition coefficient (Wildman–Crippen LogP) is 2.78. The van der Waals surface area contributed by atoms with Gasteiger partial charge in [-0.3, -0.25) is 38.4 Å². The number of sulfonamides is 4. The van der Waals surface area contributed by atoms with Gasteiger partial charge in [0.2, 0.25) is 81.4 Å². The van der Waals surface area contributed by atoms with Crippen molar-refractivity contribution in [1.29, 1.82) is 0 Å². The van der Waals surface area contributed by atoms with Gasteiger partial charge in [-0.1, -0.05) is 239 Å². The van der Waals surface area contributed by atoms with Crippen molar-refractivity contribution >= 4 is 87.2 Å². The lowest BCUT2D eigenvalue weighted by atomic mass is 10.0. The summed E-state index contributed by atoms with van der Waals surface area (Å²) in [4.78, 5) is 118. The minimum Gasteiger partial charge on any atom is -0.351 e. The molecule has 0 fully saturated rings. The predicted molar refractivity (Wildman–Crippen MR) is 506 cm³/mol. The highest BCUT2D eigenvalue weighted by Gasteiger charge is 2.38. The van der Waals surface area contributed by atoms with Crippen LogP contribution < -0.4 is 71.2 Å². The molecule has 710 valence electrons. The van der Waals surface area contributed by atoms with Crippen molar-refractivity contribution in [3.63, 3.8) is 0 Å². The molecule has 7 aromatic rings. The van der Waals surface area contributed by atoms with Crippen LogP contribution in [0.25, 0.3) is 0 Å². The van der Waals surface area contributed by atoms with Gasteiger partial charge >= 0.3 is 0 Å². The second-order valence-electron chi connectivity index (χ2n) is 32.9. The zero-order valence-electron chi connectivity index (χ0n) is 74.7. The van der Waals surface area contributed by atoms with Crippen molar-refractivity contribution in [1.82, 2.24) is 59.8 Å². The number of hydrogen-bond acceptors (Lipinski definition) is 22. The van der Waals surface area contributed by atoms with Crippen LogP contribution in [-0.2, 0) is 122 Å². The van der Waals surface area contributed by atoms with Gasteiger partial charge in [0.25, 0.3) is 0 Å². The quantitative estimate of drug-likeness (QED) is 0.0244. The summed E-state index contributed by atoms with van der Waals surface area (Å²) in [5, 5.41) is 23.5. The van der Waals surface area contributed by atoms with Crippen LogP contribution in [0.5, 0.6) is 0 Å². The molecule has 0 radical (unpaired) electrons. The molecule has 18 N–H and O–H groups in total. The fourth-order valence-electron chi connectivity index (χ4n) is 15.0. The fraction of sp³-hybridized carbons (Fsp3) is 0.462. The van der Waals surface area contributed by atoms with Crippen molar-refractivity contribution in [2.45, 2.75) is 177 Å². The molecule has 7 rings (SSSR count). The average molecular weight is 1870 g/mol. The topological polar surface area (TPSA) is 512 Å². The van der Waals surface area contributed by atoms with E-state index in [2.05, 4.69) is 42.5 Å². The van der Waals surface area contributed by atoms with E-state index in [4.69, 9.17) is 28.7 Å². The molecule has 0 aromatic heterocycles. The van der Waals surface area contributed by atoms with Crippen molar-refractivity contribution < 1.29 is 72.0 Å². The first-order valence-electron chi connectivity index (χ1n) is 44.2. The highest BCUT2D eigenvalue weighted by Crippen LogP contribution is 2.21. The number of nitrogens with two attached hydrogens (primary N) is 5. The number of amides is 7. The van der Waals surface area contributed by atoms with E-state index < -0.39 is 205 Å². The monoisotopic (exact) mass is 1870 g/mol. The number of Topliss-reactive ketones (excluding diaryl/α,β-unsaturated/α-hetero) is 1. The van der Waals surface area contributed by atoms with Gasteiger partial charge in [0, 0.05) is 82.3 Å². The van der Waals surface area contributed by atoms with Crippen molar-refractivity contribution in [3.8, 4) is 0 Å². The van der Waals surface area contributed by atoms with E-state index in [0.29, 0.717) is 97.0 Å². The molecule has 0 aliphatic heterocycles. The van der Waals surface area contributed by atoms with Crippen LogP contribution in [0.4, 0.5) is 0 Å². The number of nitrogens with one attached hydrogen (secondary N) is 8. The number of carbonyl (C=O) groups is 8. The van der Waals surface area contributed by atoms with Crippen LogP contribution in [0, 0.1) is 0 Å². The Labute approximate surface area is 767 Å². The SMILES string of the molecule is CC(=O)CN(CC(Cc1ccccc1)NC(=O)C(CCCCN)NC(=O)CN(CC(Cc1ccccc1)NC(=O)C(Cc1ccccc1)NC(=O)CN(CC(Cc1ccccc1)NC(=O)C(Cc1ccccc1)NC(=O)CN(CC(CCCCN)NC(=O)C(CCCCN)NC(C)C)S(=O)(=O)Cc1ccccc1)S(=O)(=O)CCN)S(=O)(=O)CCN)S(=O)(=O)Cc1ccccc1. The van der Waals surface area contributed by atoms with Crippen LogP contribution in [0.3, 0.4) is 0 Å². The molecule has 130 heavy (non-hydrogen) atoms. The lowest BCUT2D eigenvalue weighted by Gasteiger charge is -2.31. The molecule has 7 amide bonds. The number of nitrogens with zero attached hydrogens (tertiary/aromatic N) is 4. The van der Waals surface area contributed by atoms with Gasteiger partial charge in [-0.15, -0.1) is 0 Å². The van der Waals surface area contributed by atoms with Crippen LogP contribution in [0.2, 0.25) is 0 Å². The maximum absolute atomic E-state index is 15.4. The minimum atomic E-state index is -4.58. The number of carbonyl (C=O) groups excluding carboxylic acids is 8. The molecule has 0 spiro atoms. The highest BCUT2D eigenvalue weighted by atomic mass is 32.2. The maximum Gasteiger partial charge on any atom is 0.243 e. The third-order valence-corrected chi connectivity index (χ3v) is 28.6. The van der Waals surface area contributed by atoms with E-state index in [0.717, 1.165) is 17.2 Å². The van der Waals surface area contributed by atoms with E-state index in [1.807, 2.05) is 13.8 Å². The van der Waals surface area contributed by atoms with Gasteiger partial charge in [0.15, 0.2) is 0 Å². The first-order chi connectivity index (χ1) is 62.2. The second kappa shape index (κ2) is 55.9. The van der Waals surface area contributed by atoms with Crippen LogP contribution >= 0.6 is 0 Å². The molecule has 0 bridgehead atoms. The Morgan fingerprint density at radius 1 is 0.285 bits per heavy atom. The third kappa shape index (κ3) is 39.1. The molecule has 0 aliphatic carbocycles. The number of rotatable bonds is 63. The normalized spacial score (nSPS) is 13.9. The summed E-state index contributed by atoms with van der Waals surface area (Å²) in [5.74, 6) is -8.56. The standard InChI is InChI=1S/C93H133N17O16S4/c1-70(2)99-83(46-26-29-49-95)90(115)100-79(45-25-28-48-94)61-110(130(125,126)69-78-43-23-10-24-44-78)67-89(114)106-86(59-76-39-19-8-20-40-76)93(118)103-82(57-74-35-15-6-16-36-74)64-109(128(121,122)54-52-98)66-88(113)105-85(58-75-37-17-7-18-38-75)92(117)102-81(56-73-33-13-5-14-34-73)63-108(127(119,120)53-51-97)65-87(112)104-84(47-27-30-50-96)91(116)101-80(55-72-31-11-4-12-32-72)62-107(60-71(3)111)129(123,124)68-77-41-21-9-22-42-77/h4-24,31-44,70,79-86,99H,25-30,45-69,94-98H2,1-3H3,(H,100,115)(H,101,116)(H,102,117)(H,103,118)(H,104,112)(H,105,113)(H,106,114). The summed E-state index contributed by atoms with van der Waals surface area (Å²) in [5.41, 5.74) is 33.5. The van der Waals surface area contributed by atoms with Gasteiger partial charge in [0.05, 0.1) is 55.2 Å². The van der Waals surface area contributed by atoms with Crippen molar-refractivity contribution in [3.05, 3.63) is 251 Å². The number of unbranched alkanes of at least 4 members (excludes halogenated alkanes) is 3. The molecular formula is C93H133N17O16S4. The van der Waals surface area contributed by atoms with E-state index in [-0.39, 0.29) is 76.5 Å². The molecule has 8 atom stereocenters. The third-order valence-electron chi connectivity index (χ3n) is 21.4. The lowest BCUT2D eigenvalue weighted by molar-refractivity contribution is -0.130. The minimum absolute atomic E-state index is 0.0149. The largest absolute Gasteiger partial charge is 0.351 e. The molecule has 33 nitrogen and oxygen atoms in total. The number of ketones is 1. The summed E-state index contributed by atoms with van der Waals surface area (Å²) in [6.07, 6.45) is 3.28. The molecule has 0 saturated heterocycles. The number of benzene rings is 7. The van der Waals surface area contributed by atoms with Crippen LogP contribution in [-0.4, -0.2) is 249 Å². The summed E-state index contributed by atoms with van der Waals surface area (Å²) in [6, 6.07) is 50.6. The van der Waals surface area contributed by atoms with Gasteiger partial charge in [0.1, 0.15) is 23.9 Å². The van der Waals surface area contributed by atoms with Gasteiger partial charge in [-0.05, 0) is 130 Å². The van der Waals surface area contributed by atoms with Crippen LogP contribution in [0.15, 0.2) is 212 Å². The smallest absolute Gasteiger partial charge is 0.243 e. The zero-order chi connectivity index (χ0) is 94.5. The molecule has 37 heteroatoms. The van der Waals surface area contributed by atoms with Crippen molar-refractivity contribution in [2.24, 2.45) is 28.7 Å². The van der Waals surface area contributed by atoms with E-state index >= 15 is 14.4 Å². The maximum atomic E-state index is 15.4. The fourth-order valence-corrected chi connectivity index (χ4v) is 20.7. The first-order valence-corrected chi connectivity index (χ1v) is 50.7. The molecule has 8 unspecified atom stereocenters. The molecule has 0 saturated carbocycles. The molecule has 0 aliphatic rings. The van der Waals surface area contributed by atoms with Gasteiger partial charge in [-0.2, -0.15) is 17.2 Å². The summed E-state index contributed by atoms with van der Waals surface area (Å²) in [6.45, 7) is -0.00792. The van der Waals surface area contributed by atoms with E-state index in [9.17, 15) is 57.6 Å². The number of hydrogen-bond donors (Lipinski definition) is 13. The lowest BCUT2D eigenvalue weighted by Crippen LogP contribution is -2.58. The van der Waals surface area contributed by atoms with E-state index in [1.165, 1.54) is 6.92 Å². The van der Waals surface area contributed by atoms with Gasteiger partial charge in [-0.25, -0.2) is 33.7 Å².